The van der Waals surface area contributed by atoms with Crippen molar-refractivity contribution >= 4 is 28.9 Å². The number of ether oxygens (including phenoxy) is 2. The van der Waals surface area contributed by atoms with Crippen LogP contribution in [0.15, 0.2) is 70.6 Å². The lowest BCUT2D eigenvalue weighted by atomic mass is 9.93. The summed E-state index contributed by atoms with van der Waals surface area (Å²) in [7, 11) is 1.49. The molecule has 0 amide bonds. The second-order valence-electron chi connectivity index (χ2n) is 8.76. The first kappa shape index (κ1) is 23.6. The second kappa shape index (κ2) is 9.76. The number of hydrogen-bond donors (Lipinski definition) is 2. The number of hydrazone groups is 1. The highest BCUT2D eigenvalue weighted by atomic mass is 16.5. The van der Waals surface area contributed by atoms with Gasteiger partial charge in [0.25, 0.3) is 5.56 Å². The van der Waals surface area contributed by atoms with Gasteiger partial charge in [0, 0.05) is 11.0 Å². The number of methoxy groups -OCH3 is 1. The Morgan fingerprint density at radius 1 is 1.00 bits per heavy atom. The summed E-state index contributed by atoms with van der Waals surface area (Å²) in [6.45, 7) is 5.64. The number of carbonyl (C=O) groups excluding carboxylic acids is 1. The number of aromatic amines is 1. The van der Waals surface area contributed by atoms with Gasteiger partial charge in [-0.2, -0.15) is 5.10 Å². The highest BCUT2D eigenvalue weighted by Gasteiger charge is 2.21. The van der Waals surface area contributed by atoms with Crippen LogP contribution >= 0.6 is 0 Å². The van der Waals surface area contributed by atoms with E-state index in [-0.39, 0.29) is 11.5 Å². The van der Waals surface area contributed by atoms with Gasteiger partial charge in [-0.3, -0.25) is 9.78 Å². The molecule has 0 atom stereocenters. The smallest absolute Gasteiger partial charge is 0.347 e. The van der Waals surface area contributed by atoms with Crippen molar-refractivity contribution in [3.05, 3.63) is 87.8 Å². The third-order valence-electron chi connectivity index (χ3n) is 5.23. The largest absolute Gasteiger partial charge is 0.496 e. The van der Waals surface area contributed by atoms with Crippen LogP contribution in [0, 0.1) is 0 Å². The summed E-state index contributed by atoms with van der Waals surface area (Å²) in [5.41, 5.74) is 3.10. The number of nitrogens with zero attached hydrogens (tertiary/aromatic N) is 3. The van der Waals surface area contributed by atoms with Crippen molar-refractivity contribution in [2.75, 3.05) is 12.5 Å². The zero-order valence-corrected chi connectivity index (χ0v) is 19.8. The van der Waals surface area contributed by atoms with Crippen LogP contribution in [-0.4, -0.2) is 34.5 Å². The Morgan fingerprint density at radius 3 is 2.49 bits per heavy atom. The molecular formula is C26H25N5O4. The van der Waals surface area contributed by atoms with E-state index in [1.807, 2.05) is 51.1 Å². The minimum absolute atomic E-state index is 0.0899. The number of rotatable bonds is 6. The number of aromatic nitrogens is 3. The van der Waals surface area contributed by atoms with Crippen molar-refractivity contribution in [3.63, 3.8) is 0 Å². The Labute approximate surface area is 201 Å². The average molecular weight is 472 g/mol. The van der Waals surface area contributed by atoms with E-state index < -0.39 is 11.4 Å². The van der Waals surface area contributed by atoms with Gasteiger partial charge in [0.2, 0.25) is 5.95 Å². The van der Waals surface area contributed by atoms with Crippen molar-refractivity contribution in [3.8, 4) is 11.5 Å². The van der Waals surface area contributed by atoms with Crippen molar-refractivity contribution < 1.29 is 14.3 Å². The number of hydrogen-bond acceptors (Lipinski definition) is 8. The van der Waals surface area contributed by atoms with Gasteiger partial charge in [-0.25, -0.2) is 10.2 Å². The summed E-state index contributed by atoms with van der Waals surface area (Å²) < 4.78 is 11.0. The number of fused-ring (bicyclic) bond motifs is 1. The maximum absolute atomic E-state index is 12.9. The molecule has 1 aromatic heterocycles. The van der Waals surface area contributed by atoms with Gasteiger partial charge in [-0.05, 0) is 29.0 Å². The molecule has 9 heteroatoms. The molecule has 9 nitrogen and oxygen atoms in total. The Bertz CT molecular complexity index is 1470. The predicted molar refractivity (Wildman–Crippen MR) is 134 cm³/mol. The Balaban J connectivity index is 1.65. The summed E-state index contributed by atoms with van der Waals surface area (Å²) in [6.07, 6.45) is 1.50. The van der Waals surface area contributed by atoms with E-state index in [2.05, 4.69) is 25.7 Å². The Morgan fingerprint density at radius 2 is 1.74 bits per heavy atom. The topological polar surface area (TPSA) is 119 Å². The molecule has 35 heavy (non-hydrogen) atoms. The van der Waals surface area contributed by atoms with E-state index in [0.29, 0.717) is 28.3 Å². The quantitative estimate of drug-likeness (QED) is 0.186. The van der Waals surface area contributed by atoms with Crippen molar-refractivity contribution in [2.24, 2.45) is 5.10 Å². The summed E-state index contributed by atoms with van der Waals surface area (Å²) >= 11 is 0. The van der Waals surface area contributed by atoms with E-state index >= 15 is 0 Å². The van der Waals surface area contributed by atoms with E-state index in [9.17, 15) is 9.59 Å². The van der Waals surface area contributed by atoms with Crippen molar-refractivity contribution in [1.29, 1.82) is 0 Å². The molecule has 0 aliphatic carbocycles. The molecule has 0 bridgehead atoms. The van der Waals surface area contributed by atoms with E-state index in [4.69, 9.17) is 9.47 Å². The highest BCUT2D eigenvalue weighted by molar-refractivity contribution is 6.04. The van der Waals surface area contributed by atoms with Crippen LogP contribution in [-0.2, 0) is 5.41 Å². The molecule has 0 spiro atoms. The number of carbonyl (C=O) groups is 1. The summed E-state index contributed by atoms with van der Waals surface area (Å²) in [5, 5.41) is 14.0. The molecule has 0 unspecified atom stereocenters. The molecule has 0 aliphatic heterocycles. The van der Waals surface area contributed by atoms with Crippen molar-refractivity contribution in [1.82, 2.24) is 15.2 Å². The van der Waals surface area contributed by atoms with Crippen LogP contribution in [0.4, 0.5) is 5.95 Å². The second-order valence-corrected chi connectivity index (χ2v) is 8.76. The first-order valence-electron chi connectivity index (χ1n) is 10.9. The van der Waals surface area contributed by atoms with Crippen LogP contribution in [0.3, 0.4) is 0 Å². The van der Waals surface area contributed by atoms with Crippen LogP contribution < -0.4 is 20.5 Å². The Hall–Kier alpha value is -4.53. The van der Waals surface area contributed by atoms with Gasteiger partial charge in [-0.1, -0.05) is 63.2 Å². The molecule has 3 aromatic carbocycles. The number of nitrogens with one attached hydrogen (secondary N) is 2. The molecule has 4 aromatic rings. The van der Waals surface area contributed by atoms with Crippen LogP contribution in [0.1, 0.15) is 42.4 Å². The van der Waals surface area contributed by atoms with Gasteiger partial charge in [-0.15, -0.1) is 10.2 Å². The molecule has 4 rings (SSSR count). The zero-order valence-electron chi connectivity index (χ0n) is 19.8. The van der Waals surface area contributed by atoms with Crippen LogP contribution in [0.25, 0.3) is 10.8 Å². The number of benzene rings is 3. The lowest BCUT2D eigenvalue weighted by Gasteiger charge is -2.15. The predicted octanol–water partition coefficient (Wildman–Crippen LogP) is 4.29. The fraction of sp³-hybridized carbons (Fsp3) is 0.192. The normalized spacial score (nSPS) is 11.5. The number of anilines is 1. The summed E-state index contributed by atoms with van der Waals surface area (Å²) in [4.78, 5) is 27.9. The highest BCUT2D eigenvalue weighted by Crippen LogP contribution is 2.28. The van der Waals surface area contributed by atoms with Crippen LogP contribution in [0.5, 0.6) is 11.5 Å². The molecule has 0 saturated carbocycles. The first-order chi connectivity index (χ1) is 16.8. The molecule has 1 heterocycles. The van der Waals surface area contributed by atoms with Gasteiger partial charge >= 0.3 is 5.97 Å². The number of H-pyrrole nitrogens is 1. The molecule has 0 fully saturated rings. The lowest BCUT2D eigenvalue weighted by Crippen LogP contribution is -2.28. The molecule has 0 aliphatic rings. The Kier molecular flexibility index (Phi) is 6.59. The maximum Gasteiger partial charge on any atom is 0.347 e. The fourth-order valence-electron chi connectivity index (χ4n) is 3.50. The minimum atomic E-state index is -0.562. The molecule has 0 radical (unpaired) electrons. The first-order valence-corrected chi connectivity index (χ1v) is 10.9. The van der Waals surface area contributed by atoms with Crippen molar-refractivity contribution in [2.45, 2.75) is 26.2 Å². The van der Waals surface area contributed by atoms with Gasteiger partial charge in [0.05, 0.1) is 13.3 Å². The molecule has 178 valence electrons. The fourth-order valence-corrected chi connectivity index (χ4v) is 3.50. The molecular weight excluding hydrogens is 446 g/mol. The standard InChI is InChI=1S/C26H25N5O4/c1-26(2,3)22-23(32)28-25(31-29-22)30-27-15-19-17-10-6-5-9-16(17)13-14-21(19)35-24(33)18-11-7-8-12-20(18)34-4/h5-15H,1-4H3,(H2,28,30,31,32)/b27-15+. The lowest BCUT2D eigenvalue weighted by molar-refractivity contribution is 0.0731. The van der Waals surface area contributed by atoms with Gasteiger partial charge in [0.1, 0.15) is 22.8 Å². The third kappa shape index (κ3) is 5.19. The summed E-state index contributed by atoms with van der Waals surface area (Å²) in [5.74, 6) is 0.254. The van der Waals surface area contributed by atoms with E-state index in [1.165, 1.54) is 13.3 Å². The molecule has 2 N–H and O–H groups in total. The maximum atomic E-state index is 12.9. The number of esters is 1. The van der Waals surface area contributed by atoms with Crippen LogP contribution in [0.2, 0.25) is 0 Å². The zero-order chi connectivity index (χ0) is 25.0. The summed E-state index contributed by atoms with van der Waals surface area (Å²) in [6, 6.07) is 18.0. The monoisotopic (exact) mass is 471 g/mol. The molecule has 0 saturated heterocycles. The van der Waals surface area contributed by atoms with Gasteiger partial charge < -0.3 is 9.47 Å². The number of para-hydroxylation sites is 1. The minimum Gasteiger partial charge on any atom is -0.496 e. The average Bonchev–Trinajstić information content (AvgIpc) is 2.84. The third-order valence-corrected chi connectivity index (χ3v) is 5.23. The SMILES string of the molecule is COc1ccccc1C(=O)Oc1ccc2ccccc2c1/C=N/Nc1nnc(C(C)(C)C)c(=O)[nH]1. The van der Waals surface area contributed by atoms with E-state index in [1.54, 1.807) is 30.3 Å². The van der Waals surface area contributed by atoms with E-state index in [0.717, 1.165) is 10.8 Å². The van der Waals surface area contributed by atoms with Gasteiger partial charge in [0.15, 0.2) is 0 Å².